The van der Waals surface area contributed by atoms with Crippen LogP contribution in [0.1, 0.15) is 11.1 Å². The van der Waals surface area contributed by atoms with Gasteiger partial charge in [0.05, 0.1) is 40.1 Å². The summed E-state index contributed by atoms with van der Waals surface area (Å²) in [5, 5.41) is 9.41. The number of halogens is 4. The standard InChI is InChI=1S/C27H27ClF3N5O4/c1-35-15-34-24-5-4-17(10-19(24)26(35)38)40-18-3-2-16(22(32)11-18)14-36(6-8-37)7-9-39-25-13-21(28)20(12-23(25)33)27(29,30)31/h2-5,10-13,15,37H,6-9,14,32-33H2,1H3. The van der Waals surface area contributed by atoms with E-state index in [1.165, 1.54) is 10.9 Å². The molecule has 0 saturated heterocycles. The fourth-order valence-electron chi connectivity index (χ4n) is 4.02. The Hall–Kier alpha value is -4.00. The lowest BCUT2D eigenvalue weighted by Gasteiger charge is -2.23. The summed E-state index contributed by atoms with van der Waals surface area (Å²) in [6.45, 7) is 0.909. The summed E-state index contributed by atoms with van der Waals surface area (Å²) in [5.41, 5.74) is 12.3. The number of aliphatic hydroxyl groups is 1. The molecule has 1 heterocycles. The Morgan fingerprint density at radius 2 is 1.77 bits per heavy atom. The fourth-order valence-corrected chi connectivity index (χ4v) is 4.28. The zero-order valence-electron chi connectivity index (χ0n) is 21.4. The molecule has 0 fully saturated rings. The molecule has 0 saturated carbocycles. The maximum Gasteiger partial charge on any atom is 0.417 e. The highest BCUT2D eigenvalue weighted by Gasteiger charge is 2.34. The Morgan fingerprint density at radius 3 is 2.48 bits per heavy atom. The molecule has 0 unspecified atom stereocenters. The van der Waals surface area contributed by atoms with Crippen molar-refractivity contribution in [2.75, 3.05) is 37.8 Å². The monoisotopic (exact) mass is 577 g/mol. The van der Waals surface area contributed by atoms with Gasteiger partial charge in [-0.25, -0.2) is 4.98 Å². The van der Waals surface area contributed by atoms with E-state index in [9.17, 15) is 23.1 Å². The second kappa shape index (κ2) is 12.0. The molecule has 13 heteroatoms. The number of aliphatic hydroxyl groups excluding tert-OH is 1. The van der Waals surface area contributed by atoms with Gasteiger partial charge in [-0.1, -0.05) is 17.7 Å². The van der Waals surface area contributed by atoms with Gasteiger partial charge in [0.25, 0.3) is 5.56 Å². The number of aryl methyl sites for hydroxylation is 1. The van der Waals surface area contributed by atoms with Gasteiger partial charge in [0.2, 0.25) is 0 Å². The molecule has 4 rings (SSSR count). The average Bonchev–Trinajstić information content (AvgIpc) is 2.89. The van der Waals surface area contributed by atoms with Gasteiger partial charge < -0.3 is 30.6 Å². The minimum absolute atomic E-state index is 0.0327. The molecule has 0 amide bonds. The number of ether oxygens (including phenoxy) is 2. The van der Waals surface area contributed by atoms with Crippen LogP contribution in [0.5, 0.6) is 17.2 Å². The van der Waals surface area contributed by atoms with Crippen molar-refractivity contribution < 1.29 is 27.8 Å². The number of nitrogens with two attached hydrogens (primary N) is 2. The highest BCUT2D eigenvalue weighted by Crippen LogP contribution is 2.39. The molecule has 3 aromatic carbocycles. The first-order valence-corrected chi connectivity index (χ1v) is 12.5. The molecule has 0 atom stereocenters. The number of alkyl halides is 3. The summed E-state index contributed by atoms with van der Waals surface area (Å²) in [4.78, 5) is 18.5. The van der Waals surface area contributed by atoms with Crippen LogP contribution in [0.3, 0.4) is 0 Å². The van der Waals surface area contributed by atoms with Crippen LogP contribution in [-0.4, -0.2) is 45.9 Å². The van der Waals surface area contributed by atoms with E-state index in [0.29, 0.717) is 47.7 Å². The molecule has 5 N–H and O–H groups in total. The van der Waals surface area contributed by atoms with Crippen molar-refractivity contribution in [1.82, 2.24) is 14.5 Å². The third kappa shape index (κ3) is 6.76. The quantitative estimate of drug-likeness (QED) is 0.236. The number of nitrogens with zero attached hydrogens (tertiary/aromatic N) is 3. The number of hydrogen-bond acceptors (Lipinski definition) is 8. The van der Waals surface area contributed by atoms with Crippen LogP contribution in [0.4, 0.5) is 24.5 Å². The first-order valence-electron chi connectivity index (χ1n) is 12.1. The van der Waals surface area contributed by atoms with Gasteiger partial charge in [-0.3, -0.25) is 9.69 Å². The van der Waals surface area contributed by atoms with E-state index < -0.39 is 16.8 Å². The lowest BCUT2D eigenvalue weighted by atomic mass is 10.1. The summed E-state index contributed by atoms with van der Waals surface area (Å²) in [6, 6.07) is 12.0. The number of anilines is 2. The molecule has 1 aromatic heterocycles. The van der Waals surface area contributed by atoms with E-state index in [1.807, 2.05) is 4.90 Å². The van der Waals surface area contributed by atoms with Crippen LogP contribution in [0.15, 0.2) is 59.7 Å². The van der Waals surface area contributed by atoms with Crippen molar-refractivity contribution in [1.29, 1.82) is 0 Å². The van der Waals surface area contributed by atoms with Gasteiger partial charge >= 0.3 is 6.18 Å². The molecule has 0 aliphatic rings. The SMILES string of the molecule is Cn1cnc2ccc(Oc3ccc(CN(CCO)CCOc4cc(Cl)c(C(F)(F)F)cc4N)c(N)c3)cc2c1=O. The van der Waals surface area contributed by atoms with Crippen molar-refractivity contribution in [2.45, 2.75) is 12.7 Å². The predicted octanol–water partition coefficient (Wildman–Crippen LogP) is 4.44. The van der Waals surface area contributed by atoms with Crippen molar-refractivity contribution in [2.24, 2.45) is 7.05 Å². The topological polar surface area (TPSA) is 129 Å². The maximum atomic E-state index is 13.0. The number of nitrogen functional groups attached to an aromatic ring is 2. The third-order valence-electron chi connectivity index (χ3n) is 6.12. The summed E-state index contributed by atoms with van der Waals surface area (Å²) in [7, 11) is 1.62. The number of benzene rings is 3. The molecule has 9 nitrogen and oxygen atoms in total. The molecule has 0 aliphatic heterocycles. The second-order valence-corrected chi connectivity index (χ2v) is 9.43. The number of rotatable bonds is 10. The van der Waals surface area contributed by atoms with Gasteiger partial charge in [-0.15, -0.1) is 0 Å². The van der Waals surface area contributed by atoms with Gasteiger partial charge in [-0.05, 0) is 35.9 Å². The average molecular weight is 578 g/mol. The molecule has 0 spiro atoms. The highest BCUT2D eigenvalue weighted by molar-refractivity contribution is 6.31. The predicted molar refractivity (Wildman–Crippen MR) is 147 cm³/mol. The molecular formula is C27H27ClF3N5O4. The van der Waals surface area contributed by atoms with Gasteiger partial charge in [0, 0.05) is 44.5 Å². The molecule has 0 bridgehead atoms. The summed E-state index contributed by atoms with van der Waals surface area (Å²) < 4.78 is 51.9. The molecule has 40 heavy (non-hydrogen) atoms. The smallest absolute Gasteiger partial charge is 0.417 e. The maximum absolute atomic E-state index is 13.0. The first-order chi connectivity index (χ1) is 19.0. The van der Waals surface area contributed by atoms with Gasteiger partial charge in [0.15, 0.2) is 0 Å². The van der Waals surface area contributed by atoms with Crippen molar-refractivity contribution >= 4 is 33.9 Å². The van der Waals surface area contributed by atoms with Crippen molar-refractivity contribution in [3.63, 3.8) is 0 Å². The lowest BCUT2D eigenvalue weighted by Crippen LogP contribution is -2.31. The van der Waals surface area contributed by atoms with Crippen LogP contribution in [0.2, 0.25) is 5.02 Å². The first kappa shape index (κ1) is 29.0. The Labute approximate surface area is 232 Å². The number of fused-ring (bicyclic) bond motifs is 1. The molecule has 4 aromatic rings. The minimum Gasteiger partial charge on any atom is -0.490 e. The molecular weight excluding hydrogens is 551 g/mol. The summed E-state index contributed by atoms with van der Waals surface area (Å²) >= 11 is 5.76. The number of hydrogen-bond donors (Lipinski definition) is 3. The molecule has 0 radical (unpaired) electrons. The summed E-state index contributed by atoms with van der Waals surface area (Å²) in [5.74, 6) is 0.949. The van der Waals surface area contributed by atoms with Crippen LogP contribution in [0.25, 0.3) is 10.9 Å². The zero-order valence-corrected chi connectivity index (χ0v) is 22.2. The normalized spacial score (nSPS) is 11.8. The van der Waals surface area contributed by atoms with E-state index in [4.69, 9.17) is 32.5 Å². The summed E-state index contributed by atoms with van der Waals surface area (Å²) in [6.07, 6.45) is -3.18. The van der Waals surface area contributed by atoms with E-state index in [1.54, 1.807) is 43.4 Å². The van der Waals surface area contributed by atoms with Crippen molar-refractivity contribution in [3.05, 3.63) is 81.4 Å². The van der Waals surface area contributed by atoms with Crippen LogP contribution in [0, 0.1) is 0 Å². The minimum atomic E-state index is -4.63. The number of aromatic nitrogens is 2. The van der Waals surface area contributed by atoms with E-state index in [0.717, 1.165) is 17.7 Å². The van der Waals surface area contributed by atoms with E-state index in [2.05, 4.69) is 4.98 Å². The third-order valence-corrected chi connectivity index (χ3v) is 6.43. The van der Waals surface area contributed by atoms with Crippen LogP contribution < -0.4 is 26.5 Å². The van der Waals surface area contributed by atoms with E-state index >= 15 is 0 Å². The van der Waals surface area contributed by atoms with Crippen LogP contribution in [-0.2, 0) is 19.8 Å². The Balaban J connectivity index is 1.40. The van der Waals surface area contributed by atoms with E-state index in [-0.39, 0.29) is 30.2 Å². The van der Waals surface area contributed by atoms with Crippen molar-refractivity contribution in [3.8, 4) is 17.2 Å². The van der Waals surface area contributed by atoms with Gasteiger partial charge in [0.1, 0.15) is 23.9 Å². The Kier molecular flexibility index (Phi) is 8.72. The van der Waals surface area contributed by atoms with Crippen LogP contribution >= 0.6 is 11.6 Å². The Morgan fingerprint density at radius 1 is 1.05 bits per heavy atom. The molecule has 0 aliphatic carbocycles. The lowest BCUT2D eigenvalue weighted by molar-refractivity contribution is -0.137. The zero-order chi connectivity index (χ0) is 29.0. The largest absolute Gasteiger partial charge is 0.490 e. The fraction of sp³-hybridized carbons (Fsp3) is 0.259. The van der Waals surface area contributed by atoms with Gasteiger partial charge in [-0.2, -0.15) is 13.2 Å². The highest BCUT2D eigenvalue weighted by atomic mass is 35.5. The second-order valence-electron chi connectivity index (χ2n) is 9.02. The molecule has 212 valence electrons. The Bertz CT molecular complexity index is 1580.